The van der Waals surface area contributed by atoms with Crippen molar-refractivity contribution < 1.29 is 19.2 Å². The van der Waals surface area contributed by atoms with Gasteiger partial charge in [-0.3, -0.25) is 19.7 Å². The van der Waals surface area contributed by atoms with Crippen LogP contribution in [-0.2, 0) is 22.6 Å². The smallest absolute Gasteiger partial charge is 0.273 e. The number of benzene rings is 2. The second-order valence-corrected chi connectivity index (χ2v) is 8.60. The van der Waals surface area contributed by atoms with Gasteiger partial charge >= 0.3 is 0 Å². The fraction of sp³-hybridized carbons (Fsp3) is 0.417. The Morgan fingerprint density at radius 2 is 1.84 bits per heavy atom. The van der Waals surface area contributed by atoms with Crippen molar-refractivity contribution in [3.05, 3.63) is 69.8 Å². The maximum absolute atomic E-state index is 13.4. The van der Waals surface area contributed by atoms with Crippen LogP contribution >= 0.6 is 0 Å². The number of carbonyl (C=O) groups is 2. The van der Waals surface area contributed by atoms with Gasteiger partial charge in [-0.2, -0.15) is 0 Å². The van der Waals surface area contributed by atoms with Crippen LogP contribution in [0.2, 0.25) is 0 Å². The van der Waals surface area contributed by atoms with Crippen molar-refractivity contribution in [3.63, 3.8) is 0 Å². The third kappa shape index (κ3) is 6.80. The number of nitro benzene ring substituents is 1. The van der Waals surface area contributed by atoms with Gasteiger partial charge in [0.2, 0.25) is 11.8 Å². The second kappa shape index (κ2) is 10.7. The molecule has 2 aromatic rings. The van der Waals surface area contributed by atoms with Crippen molar-refractivity contribution in [2.24, 2.45) is 0 Å². The third-order valence-corrected chi connectivity index (χ3v) is 4.90. The van der Waals surface area contributed by atoms with E-state index >= 15 is 0 Å². The molecule has 0 fully saturated rings. The molecule has 0 saturated carbocycles. The van der Waals surface area contributed by atoms with Crippen molar-refractivity contribution >= 4 is 17.5 Å². The Labute approximate surface area is 188 Å². The quantitative estimate of drug-likeness (QED) is 0.470. The summed E-state index contributed by atoms with van der Waals surface area (Å²) in [4.78, 5) is 38.8. The zero-order chi connectivity index (χ0) is 23.9. The molecule has 2 rings (SSSR count). The number of nitro groups is 1. The summed E-state index contributed by atoms with van der Waals surface area (Å²) in [5, 5.41) is 14.3. The highest BCUT2D eigenvalue weighted by Crippen LogP contribution is 2.22. The van der Waals surface area contributed by atoms with E-state index in [1.54, 1.807) is 37.4 Å². The minimum Gasteiger partial charge on any atom is -0.497 e. The van der Waals surface area contributed by atoms with Crippen LogP contribution in [0.4, 0.5) is 5.69 Å². The van der Waals surface area contributed by atoms with Gasteiger partial charge in [0, 0.05) is 23.7 Å². The lowest BCUT2D eigenvalue weighted by Crippen LogP contribution is -2.53. The largest absolute Gasteiger partial charge is 0.497 e. The number of methoxy groups -OCH3 is 1. The minimum absolute atomic E-state index is 0.116. The number of rotatable bonds is 9. The highest BCUT2D eigenvalue weighted by molar-refractivity contribution is 5.89. The monoisotopic (exact) mass is 441 g/mol. The summed E-state index contributed by atoms with van der Waals surface area (Å²) in [6, 6.07) is 12.7. The fourth-order valence-electron chi connectivity index (χ4n) is 3.44. The Morgan fingerprint density at radius 3 is 2.44 bits per heavy atom. The van der Waals surface area contributed by atoms with Gasteiger partial charge in [0.1, 0.15) is 11.8 Å². The molecule has 8 heteroatoms. The molecule has 0 aliphatic carbocycles. The molecular formula is C24H31N3O5. The number of nitrogens with zero attached hydrogens (tertiary/aromatic N) is 2. The molecule has 8 nitrogen and oxygen atoms in total. The van der Waals surface area contributed by atoms with Gasteiger partial charge in [0.15, 0.2) is 0 Å². The average molecular weight is 442 g/mol. The van der Waals surface area contributed by atoms with Crippen molar-refractivity contribution in [2.75, 3.05) is 7.11 Å². The molecule has 0 aromatic heterocycles. The van der Waals surface area contributed by atoms with Crippen molar-refractivity contribution in [3.8, 4) is 5.75 Å². The van der Waals surface area contributed by atoms with Gasteiger partial charge in [0.05, 0.1) is 18.5 Å². The first-order chi connectivity index (χ1) is 15.1. The molecule has 1 atom stereocenters. The molecule has 0 bridgehead atoms. The highest BCUT2D eigenvalue weighted by Gasteiger charge is 2.31. The number of amides is 2. The number of hydrogen-bond acceptors (Lipinski definition) is 5. The Morgan fingerprint density at radius 1 is 1.16 bits per heavy atom. The summed E-state index contributed by atoms with van der Waals surface area (Å²) >= 11 is 0. The van der Waals surface area contributed by atoms with Crippen LogP contribution in [-0.4, -0.2) is 40.3 Å². The van der Waals surface area contributed by atoms with Gasteiger partial charge in [-0.1, -0.05) is 37.3 Å². The van der Waals surface area contributed by atoms with Crippen molar-refractivity contribution in [1.29, 1.82) is 0 Å². The zero-order valence-corrected chi connectivity index (χ0v) is 19.3. The van der Waals surface area contributed by atoms with E-state index < -0.39 is 16.5 Å². The van der Waals surface area contributed by atoms with Crippen LogP contribution in [0.1, 0.15) is 45.2 Å². The molecule has 0 spiro atoms. The molecule has 0 aliphatic heterocycles. The molecule has 32 heavy (non-hydrogen) atoms. The van der Waals surface area contributed by atoms with E-state index in [9.17, 15) is 19.7 Å². The van der Waals surface area contributed by atoms with Crippen LogP contribution in [0, 0.1) is 10.1 Å². The SMILES string of the molecule is CC[C@H](C(=O)NC(C)(C)C)N(Cc1cccc(OC)c1)C(=O)Cc1ccccc1[N+](=O)[O-]. The molecule has 0 aliphatic rings. The van der Waals surface area contributed by atoms with E-state index in [1.165, 1.54) is 11.0 Å². The number of para-hydroxylation sites is 1. The second-order valence-electron chi connectivity index (χ2n) is 8.60. The Kier molecular flexibility index (Phi) is 8.34. The molecule has 0 unspecified atom stereocenters. The maximum Gasteiger partial charge on any atom is 0.273 e. The summed E-state index contributed by atoms with van der Waals surface area (Å²) in [6.07, 6.45) is 0.217. The normalized spacial score (nSPS) is 12.0. The van der Waals surface area contributed by atoms with Crippen LogP contribution < -0.4 is 10.1 Å². The van der Waals surface area contributed by atoms with Crippen LogP contribution in [0.5, 0.6) is 5.75 Å². The van der Waals surface area contributed by atoms with Crippen LogP contribution in [0.25, 0.3) is 0 Å². The van der Waals surface area contributed by atoms with E-state index in [2.05, 4.69) is 5.32 Å². The van der Waals surface area contributed by atoms with E-state index in [0.29, 0.717) is 17.7 Å². The lowest BCUT2D eigenvalue weighted by Gasteiger charge is -2.33. The summed E-state index contributed by atoms with van der Waals surface area (Å²) in [5.74, 6) is 0.0117. The predicted molar refractivity (Wildman–Crippen MR) is 122 cm³/mol. The van der Waals surface area contributed by atoms with Crippen molar-refractivity contribution in [2.45, 2.75) is 58.7 Å². The Hall–Kier alpha value is -3.42. The van der Waals surface area contributed by atoms with Gasteiger partial charge in [-0.15, -0.1) is 0 Å². The van der Waals surface area contributed by atoms with Gasteiger partial charge < -0.3 is 15.0 Å². The molecular weight excluding hydrogens is 410 g/mol. The van der Waals surface area contributed by atoms with E-state index in [-0.39, 0.29) is 30.5 Å². The van der Waals surface area contributed by atoms with E-state index in [1.807, 2.05) is 39.8 Å². The molecule has 172 valence electrons. The molecule has 0 saturated heterocycles. The average Bonchev–Trinajstić information content (AvgIpc) is 2.72. The third-order valence-electron chi connectivity index (χ3n) is 4.90. The molecule has 2 amide bonds. The van der Waals surface area contributed by atoms with E-state index in [4.69, 9.17) is 4.74 Å². The first kappa shape index (κ1) is 24.8. The summed E-state index contributed by atoms with van der Waals surface area (Å²) in [5.41, 5.74) is 0.522. The van der Waals surface area contributed by atoms with Crippen LogP contribution in [0.3, 0.4) is 0 Å². The van der Waals surface area contributed by atoms with Gasteiger partial charge in [0.25, 0.3) is 5.69 Å². The van der Waals surface area contributed by atoms with E-state index in [0.717, 1.165) is 5.56 Å². The fourth-order valence-corrected chi connectivity index (χ4v) is 3.44. The number of nitrogens with one attached hydrogen (secondary N) is 1. The van der Waals surface area contributed by atoms with Crippen molar-refractivity contribution in [1.82, 2.24) is 10.2 Å². The highest BCUT2D eigenvalue weighted by atomic mass is 16.6. The predicted octanol–water partition coefficient (Wildman–Crippen LogP) is 3.87. The lowest BCUT2D eigenvalue weighted by atomic mass is 10.0. The number of ether oxygens (including phenoxy) is 1. The Bertz CT molecular complexity index is 968. The zero-order valence-electron chi connectivity index (χ0n) is 19.3. The summed E-state index contributed by atoms with van der Waals surface area (Å²) < 4.78 is 5.28. The standard InChI is InChI=1S/C24H31N3O5/c1-6-20(23(29)25-24(2,3)4)26(16-17-10-9-12-19(14-17)32-5)22(28)15-18-11-7-8-13-21(18)27(30)31/h7-14,20H,6,15-16H2,1-5H3,(H,25,29)/t20-/m1/s1. The first-order valence-corrected chi connectivity index (χ1v) is 10.5. The maximum atomic E-state index is 13.4. The summed E-state index contributed by atoms with van der Waals surface area (Å²) in [6.45, 7) is 7.63. The molecule has 1 N–H and O–H groups in total. The molecule has 0 radical (unpaired) electrons. The van der Waals surface area contributed by atoms with Crippen LogP contribution in [0.15, 0.2) is 48.5 Å². The Balaban J connectivity index is 2.40. The van der Waals surface area contributed by atoms with Gasteiger partial charge in [-0.05, 0) is 44.9 Å². The number of hydrogen-bond donors (Lipinski definition) is 1. The topological polar surface area (TPSA) is 102 Å². The first-order valence-electron chi connectivity index (χ1n) is 10.5. The lowest BCUT2D eigenvalue weighted by molar-refractivity contribution is -0.385. The van der Waals surface area contributed by atoms with Gasteiger partial charge in [-0.25, -0.2) is 0 Å². The summed E-state index contributed by atoms with van der Waals surface area (Å²) in [7, 11) is 1.56. The molecule has 0 heterocycles. The minimum atomic E-state index is -0.726. The number of carbonyl (C=O) groups excluding carboxylic acids is 2. The molecule has 2 aromatic carbocycles.